The molecule has 0 bridgehead atoms. The Bertz CT molecular complexity index is 196. The van der Waals surface area contributed by atoms with Gasteiger partial charge in [-0.1, -0.05) is 39.0 Å². The Labute approximate surface area is 104 Å². The number of aliphatic hydroxyl groups excluding tert-OH is 1. The Morgan fingerprint density at radius 2 is 1.71 bits per heavy atom. The van der Waals surface area contributed by atoms with Gasteiger partial charge in [0.05, 0.1) is 6.10 Å². The van der Waals surface area contributed by atoms with E-state index >= 15 is 0 Å². The van der Waals surface area contributed by atoms with E-state index in [0.717, 1.165) is 19.3 Å². The van der Waals surface area contributed by atoms with Crippen molar-refractivity contribution in [1.29, 1.82) is 0 Å². The van der Waals surface area contributed by atoms with Crippen molar-refractivity contribution in [3.05, 3.63) is 0 Å². The quantitative estimate of drug-likeness (QED) is 0.656. The lowest BCUT2D eigenvalue weighted by Gasteiger charge is -2.31. The van der Waals surface area contributed by atoms with E-state index < -0.39 is 5.92 Å². The van der Waals surface area contributed by atoms with E-state index in [9.17, 15) is 13.9 Å². The number of alkyl halides is 2. The van der Waals surface area contributed by atoms with Crippen LogP contribution in [0.4, 0.5) is 8.78 Å². The molecule has 1 fully saturated rings. The van der Waals surface area contributed by atoms with Crippen molar-refractivity contribution < 1.29 is 13.9 Å². The highest BCUT2D eigenvalue weighted by molar-refractivity contribution is 4.81. The van der Waals surface area contributed by atoms with Crippen LogP contribution in [0.2, 0.25) is 0 Å². The van der Waals surface area contributed by atoms with Crippen LogP contribution < -0.4 is 0 Å². The molecule has 0 aromatic heterocycles. The summed E-state index contributed by atoms with van der Waals surface area (Å²) < 4.78 is 25.9. The number of hydrogen-bond acceptors (Lipinski definition) is 1. The fourth-order valence-electron chi connectivity index (χ4n) is 2.64. The van der Waals surface area contributed by atoms with Gasteiger partial charge < -0.3 is 5.11 Å². The molecule has 0 aromatic rings. The molecule has 1 aliphatic rings. The van der Waals surface area contributed by atoms with Crippen molar-refractivity contribution >= 4 is 0 Å². The van der Waals surface area contributed by atoms with E-state index in [1.165, 1.54) is 19.3 Å². The maximum atomic E-state index is 13.0. The summed E-state index contributed by atoms with van der Waals surface area (Å²) in [7, 11) is 0. The van der Waals surface area contributed by atoms with Crippen LogP contribution in [0.1, 0.15) is 71.1 Å². The van der Waals surface area contributed by atoms with Crippen LogP contribution in [0, 0.1) is 5.92 Å². The maximum Gasteiger partial charge on any atom is 0.248 e. The molecule has 1 saturated carbocycles. The van der Waals surface area contributed by atoms with Crippen molar-refractivity contribution in [2.24, 2.45) is 5.92 Å². The molecule has 3 heteroatoms. The first-order chi connectivity index (χ1) is 8.05. The van der Waals surface area contributed by atoms with Gasteiger partial charge in [0.1, 0.15) is 0 Å². The van der Waals surface area contributed by atoms with E-state index in [1.54, 1.807) is 0 Å². The van der Waals surface area contributed by atoms with Crippen LogP contribution in [0.3, 0.4) is 0 Å². The summed E-state index contributed by atoms with van der Waals surface area (Å²) >= 11 is 0. The van der Waals surface area contributed by atoms with Crippen LogP contribution in [-0.2, 0) is 0 Å². The Kier molecular flexibility index (Phi) is 6.39. The van der Waals surface area contributed by atoms with E-state index in [-0.39, 0.29) is 24.9 Å². The van der Waals surface area contributed by atoms with Crippen LogP contribution in [0.15, 0.2) is 0 Å². The SMILES string of the molecule is CCCCCCCC(O)C1CCC(F)(F)CC1. The Balaban J connectivity index is 2.10. The first-order valence-corrected chi connectivity index (χ1v) is 7.11. The number of aliphatic hydroxyl groups is 1. The fourth-order valence-corrected chi connectivity index (χ4v) is 2.64. The maximum absolute atomic E-state index is 13.0. The molecule has 1 unspecified atom stereocenters. The molecule has 0 aliphatic heterocycles. The second-order valence-corrected chi connectivity index (χ2v) is 5.46. The first-order valence-electron chi connectivity index (χ1n) is 7.11. The fraction of sp³-hybridized carbons (Fsp3) is 1.00. The third-order valence-corrected chi connectivity index (χ3v) is 3.91. The van der Waals surface area contributed by atoms with Crippen molar-refractivity contribution in [2.75, 3.05) is 0 Å². The lowest BCUT2D eigenvalue weighted by Crippen LogP contribution is -2.31. The lowest BCUT2D eigenvalue weighted by molar-refractivity contribution is -0.0631. The molecule has 1 aliphatic carbocycles. The van der Waals surface area contributed by atoms with Gasteiger partial charge in [-0.05, 0) is 25.2 Å². The molecule has 0 aromatic carbocycles. The van der Waals surface area contributed by atoms with Gasteiger partial charge in [-0.25, -0.2) is 8.78 Å². The Morgan fingerprint density at radius 1 is 1.12 bits per heavy atom. The summed E-state index contributed by atoms with van der Waals surface area (Å²) in [5, 5.41) is 9.96. The van der Waals surface area contributed by atoms with Crippen molar-refractivity contribution in [2.45, 2.75) is 83.2 Å². The molecule has 1 N–H and O–H groups in total. The summed E-state index contributed by atoms with van der Waals surface area (Å²) in [5.41, 5.74) is 0. The summed E-state index contributed by atoms with van der Waals surface area (Å²) in [4.78, 5) is 0. The number of hydrogen-bond donors (Lipinski definition) is 1. The van der Waals surface area contributed by atoms with Gasteiger partial charge in [-0.2, -0.15) is 0 Å². The molecule has 17 heavy (non-hydrogen) atoms. The standard InChI is InChI=1S/C14H26F2O/c1-2-3-4-5-6-7-13(17)12-8-10-14(15,16)11-9-12/h12-13,17H,2-11H2,1H3. The molecule has 102 valence electrons. The van der Waals surface area contributed by atoms with Crippen LogP contribution in [-0.4, -0.2) is 17.1 Å². The minimum Gasteiger partial charge on any atom is -0.393 e. The summed E-state index contributed by atoms with van der Waals surface area (Å²) in [6.45, 7) is 2.18. The van der Waals surface area contributed by atoms with E-state index in [2.05, 4.69) is 6.92 Å². The highest BCUT2D eigenvalue weighted by Gasteiger charge is 2.36. The topological polar surface area (TPSA) is 20.2 Å². The zero-order chi connectivity index (χ0) is 12.7. The zero-order valence-corrected chi connectivity index (χ0v) is 10.9. The average Bonchev–Trinajstić information content (AvgIpc) is 2.28. The number of unbranched alkanes of at least 4 members (excludes halogenated alkanes) is 4. The lowest BCUT2D eigenvalue weighted by atomic mass is 9.82. The largest absolute Gasteiger partial charge is 0.393 e. The summed E-state index contributed by atoms with van der Waals surface area (Å²) in [6, 6.07) is 0. The van der Waals surface area contributed by atoms with Gasteiger partial charge >= 0.3 is 0 Å². The number of rotatable bonds is 7. The molecule has 0 heterocycles. The van der Waals surface area contributed by atoms with Crippen LogP contribution >= 0.6 is 0 Å². The molecule has 0 radical (unpaired) electrons. The third-order valence-electron chi connectivity index (χ3n) is 3.91. The average molecular weight is 248 g/mol. The minimum absolute atomic E-state index is 0.0371. The molecular formula is C14H26F2O. The second-order valence-electron chi connectivity index (χ2n) is 5.46. The van der Waals surface area contributed by atoms with Gasteiger partial charge in [0, 0.05) is 12.8 Å². The Morgan fingerprint density at radius 3 is 2.29 bits per heavy atom. The minimum atomic E-state index is -2.47. The van der Waals surface area contributed by atoms with Crippen molar-refractivity contribution in [3.8, 4) is 0 Å². The van der Waals surface area contributed by atoms with E-state index in [1.807, 2.05) is 0 Å². The molecule has 1 rings (SSSR count). The van der Waals surface area contributed by atoms with Crippen molar-refractivity contribution in [3.63, 3.8) is 0 Å². The second kappa shape index (κ2) is 7.30. The molecule has 0 spiro atoms. The first kappa shape index (κ1) is 14.9. The Hall–Kier alpha value is -0.180. The summed E-state index contributed by atoms with van der Waals surface area (Å²) in [5.74, 6) is -2.36. The number of halogens is 2. The smallest absolute Gasteiger partial charge is 0.248 e. The van der Waals surface area contributed by atoms with Crippen molar-refractivity contribution in [1.82, 2.24) is 0 Å². The molecule has 1 nitrogen and oxygen atoms in total. The van der Waals surface area contributed by atoms with E-state index in [4.69, 9.17) is 0 Å². The van der Waals surface area contributed by atoms with Gasteiger partial charge in [-0.15, -0.1) is 0 Å². The predicted molar refractivity (Wildman–Crippen MR) is 66.3 cm³/mol. The van der Waals surface area contributed by atoms with Crippen LogP contribution in [0.25, 0.3) is 0 Å². The molecule has 1 atom stereocenters. The highest BCUT2D eigenvalue weighted by Crippen LogP contribution is 2.38. The van der Waals surface area contributed by atoms with Gasteiger partial charge in [-0.3, -0.25) is 0 Å². The van der Waals surface area contributed by atoms with Gasteiger partial charge in [0.25, 0.3) is 0 Å². The highest BCUT2D eigenvalue weighted by atomic mass is 19.3. The third kappa shape index (κ3) is 5.80. The van der Waals surface area contributed by atoms with Crippen LogP contribution in [0.5, 0.6) is 0 Å². The molecule has 0 saturated heterocycles. The van der Waals surface area contributed by atoms with E-state index in [0.29, 0.717) is 12.8 Å². The zero-order valence-electron chi connectivity index (χ0n) is 10.9. The normalized spacial score (nSPS) is 22.6. The molecular weight excluding hydrogens is 222 g/mol. The predicted octanol–water partition coefficient (Wildman–Crippen LogP) is 4.53. The monoisotopic (exact) mass is 248 g/mol. The summed E-state index contributed by atoms with van der Waals surface area (Å²) in [6.07, 6.45) is 7.24. The molecule has 0 amide bonds. The van der Waals surface area contributed by atoms with Gasteiger partial charge in [0.2, 0.25) is 5.92 Å². The van der Waals surface area contributed by atoms with Gasteiger partial charge in [0.15, 0.2) is 0 Å².